The molecule has 110 valence electrons. The largest absolute Gasteiger partial charge is 0.484 e. The molecule has 0 saturated carbocycles. The van der Waals surface area contributed by atoms with Gasteiger partial charge in [0.05, 0.1) is 15.1 Å². The number of hydrogen-bond donors (Lipinski definition) is 0. The molecule has 0 N–H and O–H groups in total. The summed E-state index contributed by atoms with van der Waals surface area (Å²) in [4.78, 5) is 12.1. The van der Waals surface area contributed by atoms with Crippen molar-refractivity contribution in [2.75, 3.05) is 6.61 Å². The topological polar surface area (TPSA) is 26.3 Å². The molecule has 0 amide bonds. The zero-order valence-corrected chi connectivity index (χ0v) is 14.8. The Balaban J connectivity index is 2.13. The predicted molar refractivity (Wildman–Crippen MR) is 90.2 cm³/mol. The van der Waals surface area contributed by atoms with Gasteiger partial charge in [0.25, 0.3) is 0 Å². The van der Waals surface area contributed by atoms with Gasteiger partial charge in [0.2, 0.25) is 0 Å². The van der Waals surface area contributed by atoms with E-state index in [0.29, 0.717) is 26.4 Å². The number of benzene rings is 2. The molecule has 0 aliphatic rings. The third kappa shape index (κ3) is 4.13. The molecule has 0 fully saturated rings. The quantitative estimate of drug-likeness (QED) is 0.582. The molecule has 0 radical (unpaired) electrons. The molecule has 6 heteroatoms. The van der Waals surface area contributed by atoms with Crippen molar-refractivity contribution in [3.05, 3.63) is 61.0 Å². The number of ether oxygens (including phenoxy) is 1. The molecule has 0 aliphatic carbocycles. The van der Waals surface area contributed by atoms with Gasteiger partial charge < -0.3 is 4.74 Å². The minimum atomic E-state index is -0.202. The van der Waals surface area contributed by atoms with E-state index < -0.39 is 0 Å². The number of ketones is 1. The van der Waals surface area contributed by atoms with Crippen LogP contribution in [0.2, 0.25) is 15.1 Å². The van der Waals surface area contributed by atoms with Crippen LogP contribution in [0.5, 0.6) is 5.75 Å². The number of carbonyl (C=O) groups is 1. The first-order valence-electron chi connectivity index (χ1n) is 5.95. The summed E-state index contributed by atoms with van der Waals surface area (Å²) in [5.74, 6) is 0.292. The summed E-state index contributed by atoms with van der Waals surface area (Å²) >= 11 is 21.2. The van der Waals surface area contributed by atoms with Crippen molar-refractivity contribution in [3.8, 4) is 5.75 Å². The fraction of sp³-hybridized carbons (Fsp3) is 0.133. The average molecular weight is 409 g/mol. The number of halogens is 4. The van der Waals surface area contributed by atoms with Crippen LogP contribution in [0.15, 0.2) is 34.8 Å². The SMILES string of the molecule is Cc1cc(Br)cc(Cl)c1OCC(=O)c1ccc(Cl)c(Cl)c1. The first-order valence-corrected chi connectivity index (χ1v) is 7.88. The maximum absolute atomic E-state index is 12.1. The van der Waals surface area contributed by atoms with Crippen LogP contribution in [0.1, 0.15) is 15.9 Å². The smallest absolute Gasteiger partial charge is 0.200 e. The van der Waals surface area contributed by atoms with E-state index in [0.717, 1.165) is 10.0 Å². The Bertz CT molecular complexity index is 678. The van der Waals surface area contributed by atoms with Crippen molar-refractivity contribution < 1.29 is 9.53 Å². The Morgan fingerprint density at radius 2 is 1.81 bits per heavy atom. The summed E-state index contributed by atoms with van der Waals surface area (Å²) in [6, 6.07) is 8.29. The zero-order chi connectivity index (χ0) is 15.6. The van der Waals surface area contributed by atoms with Crippen molar-refractivity contribution in [2.45, 2.75) is 6.92 Å². The van der Waals surface area contributed by atoms with E-state index in [4.69, 9.17) is 39.5 Å². The second-order valence-electron chi connectivity index (χ2n) is 4.37. The monoisotopic (exact) mass is 406 g/mol. The number of aryl methyl sites for hydroxylation is 1. The summed E-state index contributed by atoms with van der Waals surface area (Å²) < 4.78 is 6.39. The van der Waals surface area contributed by atoms with Crippen LogP contribution in [0.4, 0.5) is 0 Å². The van der Waals surface area contributed by atoms with Crippen LogP contribution >= 0.6 is 50.7 Å². The third-order valence-electron chi connectivity index (χ3n) is 2.78. The number of hydrogen-bond acceptors (Lipinski definition) is 2. The van der Waals surface area contributed by atoms with Crippen molar-refractivity contribution >= 4 is 56.5 Å². The van der Waals surface area contributed by atoms with Crippen LogP contribution < -0.4 is 4.74 Å². The maximum atomic E-state index is 12.1. The molecular weight excluding hydrogens is 398 g/mol. The Morgan fingerprint density at radius 1 is 1.10 bits per heavy atom. The lowest BCUT2D eigenvalue weighted by molar-refractivity contribution is 0.0921. The standard InChI is InChI=1S/C15H10BrCl3O2/c1-8-4-10(16)6-13(19)15(8)21-7-14(20)9-2-3-11(17)12(18)5-9/h2-6H,7H2,1H3. The van der Waals surface area contributed by atoms with Gasteiger partial charge in [-0.15, -0.1) is 0 Å². The predicted octanol–water partition coefficient (Wildman–Crippen LogP) is 5.98. The highest BCUT2D eigenvalue weighted by Gasteiger charge is 2.12. The molecule has 2 aromatic carbocycles. The lowest BCUT2D eigenvalue weighted by Crippen LogP contribution is -2.12. The minimum absolute atomic E-state index is 0.125. The Morgan fingerprint density at radius 3 is 2.43 bits per heavy atom. The van der Waals surface area contributed by atoms with Gasteiger partial charge in [0, 0.05) is 10.0 Å². The van der Waals surface area contributed by atoms with Crippen LogP contribution in [0, 0.1) is 6.92 Å². The molecule has 0 saturated heterocycles. The summed E-state index contributed by atoms with van der Waals surface area (Å²) in [6.45, 7) is 1.73. The van der Waals surface area contributed by atoms with E-state index in [9.17, 15) is 4.79 Å². The van der Waals surface area contributed by atoms with Crippen LogP contribution in [-0.2, 0) is 0 Å². The van der Waals surface area contributed by atoms with Crippen LogP contribution in [0.25, 0.3) is 0 Å². The number of Topliss-reactive ketones (excluding diaryl/α,β-unsaturated/α-hetero) is 1. The fourth-order valence-corrected chi connectivity index (χ4v) is 3.09. The van der Waals surface area contributed by atoms with E-state index in [1.807, 2.05) is 13.0 Å². The summed E-state index contributed by atoms with van der Waals surface area (Å²) in [6.07, 6.45) is 0. The number of carbonyl (C=O) groups excluding carboxylic acids is 1. The molecule has 0 heterocycles. The lowest BCUT2D eigenvalue weighted by Gasteiger charge is -2.11. The van der Waals surface area contributed by atoms with Crippen molar-refractivity contribution in [1.29, 1.82) is 0 Å². The highest BCUT2D eigenvalue weighted by Crippen LogP contribution is 2.32. The lowest BCUT2D eigenvalue weighted by atomic mass is 10.1. The fourth-order valence-electron chi connectivity index (χ4n) is 1.76. The molecule has 0 spiro atoms. The Labute approximate surface area is 146 Å². The van der Waals surface area contributed by atoms with E-state index in [-0.39, 0.29) is 12.4 Å². The van der Waals surface area contributed by atoms with Gasteiger partial charge >= 0.3 is 0 Å². The molecule has 2 rings (SSSR count). The normalized spacial score (nSPS) is 10.5. The molecule has 0 atom stereocenters. The Kier molecular flexibility index (Phi) is 5.55. The third-order valence-corrected chi connectivity index (χ3v) is 4.26. The van der Waals surface area contributed by atoms with Gasteiger partial charge in [-0.2, -0.15) is 0 Å². The van der Waals surface area contributed by atoms with Crippen molar-refractivity contribution in [3.63, 3.8) is 0 Å². The second kappa shape index (κ2) is 7.01. The van der Waals surface area contributed by atoms with Gasteiger partial charge in [-0.25, -0.2) is 0 Å². The van der Waals surface area contributed by atoms with E-state index >= 15 is 0 Å². The Hall–Kier alpha value is -0.740. The highest BCUT2D eigenvalue weighted by atomic mass is 79.9. The molecule has 0 aliphatic heterocycles. The van der Waals surface area contributed by atoms with Crippen LogP contribution in [0.3, 0.4) is 0 Å². The average Bonchev–Trinajstić information content (AvgIpc) is 2.40. The van der Waals surface area contributed by atoms with Gasteiger partial charge in [-0.1, -0.05) is 50.7 Å². The molecule has 21 heavy (non-hydrogen) atoms. The number of rotatable bonds is 4. The summed E-state index contributed by atoms with van der Waals surface area (Å²) in [5.41, 5.74) is 1.28. The van der Waals surface area contributed by atoms with Gasteiger partial charge in [0.1, 0.15) is 5.75 Å². The molecular formula is C15H10BrCl3O2. The first kappa shape index (κ1) is 16.6. The molecule has 0 bridgehead atoms. The van der Waals surface area contributed by atoms with Crippen molar-refractivity contribution in [2.24, 2.45) is 0 Å². The highest BCUT2D eigenvalue weighted by molar-refractivity contribution is 9.10. The minimum Gasteiger partial charge on any atom is -0.484 e. The summed E-state index contributed by atoms with van der Waals surface area (Å²) in [5, 5.41) is 1.19. The molecule has 0 aromatic heterocycles. The molecule has 0 unspecified atom stereocenters. The molecule has 2 aromatic rings. The van der Waals surface area contributed by atoms with Gasteiger partial charge in [0.15, 0.2) is 12.4 Å². The first-order chi connectivity index (χ1) is 9.88. The van der Waals surface area contributed by atoms with E-state index in [2.05, 4.69) is 15.9 Å². The van der Waals surface area contributed by atoms with E-state index in [1.165, 1.54) is 6.07 Å². The van der Waals surface area contributed by atoms with Crippen LogP contribution in [-0.4, -0.2) is 12.4 Å². The second-order valence-corrected chi connectivity index (χ2v) is 6.51. The van der Waals surface area contributed by atoms with Crippen molar-refractivity contribution in [1.82, 2.24) is 0 Å². The van der Waals surface area contributed by atoms with Gasteiger partial charge in [-0.3, -0.25) is 4.79 Å². The molecule has 2 nitrogen and oxygen atoms in total. The van der Waals surface area contributed by atoms with E-state index in [1.54, 1.807) is 18.2 Å². The summed E-state index contributed by atoms with van der Waals surface area (Å²) in [7, 11) is 0. The van der Waals surface area contributed by atoms with Gasteiger partial charge in [-0.05, 0) is 42.8 Å². The zero-order valence-electron chi connectivity index (χ0n) is 10.9. The maximum Gasteiger partial charge on any atom is 0.200 e.